The van der Waals surface area contributed by atoms with Crippen LogP contribution in [0, 0.1) is 22.7 Å². The molecule has 0 aromatic heterocycles. The Morgan fingerprint density at radius 2 is 0.870 bits per heavy atom. The molecule has 3 fully saturated rings. The zero-order valence-corrected chi connectivity index (χ0v) is 48.3. The first-order chi connectivity index (χ1) is 35.5. The number of nitrogens with zero attached hydrogens (tertiary/aromatic N) is 2. The van der Waals surface area contributed by atoms with Gasteiger partial charge in [0.2, 0.25) is 47.3 Å². The normalized spacial score (nSPS) is 25.4. The molecule has 77 heavy (non-hydrogen) atoms. The van der Waals surface area contributed by atoms with Gasteiger partial charge in [0.15, 0.2) is 0 Å². The predicted molar refractivity (Wildman–Crippen MR) is 300 cm³/mol. The van der Waals surface area contributed by atoms with Crippen LogP contribution < -0.4 is 42.5 Å². The van der Waals surface area contributed by atoms with Crippen LogP contribution in [-0.4, -0.2) is 133 Å². The number of halogens is 2. The van der Waals surface area contributed by atoms with Crippen molar-refractivity contribution in [1.82, 2.24) is 52.3 Å². The molecular formula is C57H86Cl2N10O8. The van der Waals surface area contributed by atoms with Gasteiger partial charge in [-0.05, 0) is 125 Å². The van der Waals surface area contributed by atoms with Crippen LogP contribution >= 0.6 is 24.8 Å². The molecule has 8 amide bonds. The molecule has 1 saturated carbocycles. The van der Waals surface area contributed by atoms with E-state index in [9.17, 15) is 38.4 Å². The first-order valence-corrected chi connectivity index (χ1v) is 27.4. The number of amides is 8. The molecule has 0 bridgehead atoms. The fourth-order valence-electron chi connectivity index (χ4n) is 11.8. The molecule has 426 valence electrons. The van der Waals surface area contributed by atoms with Crippen molar-refractivity contribution < 1.29 is 38.4 Å². The van der Waals surface area contributed by atoms with Crippen molar-refractivity contribution in [3.63, 3.8) is 0 Å². The maximum absolute atomic E-state index is 14.8. The summed E-state index contributed by atoms with van der Waals surface area (Å²) in [5.74, 6) is -4.42. The van der Waals surface area contributed by atoms with E-state index in [1.807, 2.05) is 77.9 Å². The summed E-state index contributed by atoms with van der Waals surface area (Å²) in [5.41, 5.74) is 2.95. The lowest BCUT2D eigenvalue weighted by Gasteiger charge is -2.36. The second-order valence-corrected chi connectivity index (χ2v) is 24.0. The molecule has 7 rings (SSSR count). The van der Waals surface area contributed by atoms with Gasteiger partial charge >= 0.3 is 0 Å². The van der Waals surface area contributed by atoms with Crippen LogP contribution in [0.4, 0.5) is 0 Å². The Bertz CT molecular complexity index is 2300. The molecule has 2 aromatic carbocycles. The Labute approximate surface area is 467 Å². The van der Waals surface area contributed by atoms with Crippen LogP contribution in [0.25, 0.3) is 0 Å². The monoisotopic (exact) mass is 1110 g/mol. The molecule has 2 saturated heterocycles. The second-order valence-electron chi connectivity index (χ2n) is 24.0. The highest BCUT2D eigenvalue weighted by atomic mass is 35.5. The van der Waals surface area contributed by atoms with Gasteiger partial charge in [0.25, 0.3) is 0 Å². The lowest BCUT2D eigenvalue weighted by atomic mass is 9.85. The summed E-state index contributed by atoms with van der Waals surface area (Å²) in [6.45, 7) is 14.6. The van der Waals surface area contributed by atoms with Gasteiger partial charge in [-0.2, -0.15) is 0 Å². The van der Waals surface area contributed by atoms with Gasteiger partial charge in [-0.25, -0.2) is 0 Å². The van der Waals surface area contributed by atoms with Crippen LogP contribution in [0.3, 0.4) is 0 Å². The van der Waals surface area contributed by atoms with Gasteiger partial charge in [-0.1, -0.05) is 96.5 Å². The molecule has 20 heteroatoms. The molecule has 12 atom stereocenters. The molecule has 2 aromatic rings. The van der Waals surface area contributed by atoms with E-state index in [4.69, 9.17) is 0 Å². The van der Waals surface area contributed by atoms with E-state index in [1.165, 1.54) is 20.9 Å². The maximum Gasteiger partial charge on any atom is 0.246 e. The van der Waals surface area contributed by atoms with E-state index in [0.717, 1.165) is 49.7 Å². The number of carbonyl (C=O) groups excluding carboxylic acids is 8. The molecule has 2 heterocycles. The number of fused-ring (bicyclic) bond motifs is 2. The van der Waals surface area contributed by atoms with Gasteiger partial charge in [0.05, 0.1) is 24.2 Å². The lowest BCUT2D eigenvalue weighted by Crippen LogP contribution is -2.59. The Kier molecular flexibility index (Phi) is 21.6. The number of aryl methyl sites for hydroxylation is 2. The van der Waals surface area contributed by atoms with Gasteiger partial charge in [-0.15, -0.1) is 24.8 Å². The topological polar surface area (TPSA) is 239 Å². The Balaban J connectivity index is 0.00000547. The highest BCUT2D eigenvalue weighted by Crippen LogP contribution is 2.36. The molecule has 0 spiro atoms. The van der Waals surface area contributed by atoms with Gasteiger partial charge in [0, 0.05) is 37.0 Å². The van der Waals surface area contributed by atoms with Gasteiger partial charge < -0.3 is 52.3 Å². The minimum Gasteiger partial charge on any atom is -0.351 e. The summed E-state index contributed by atoms with van der Waals surface area (Å²) >= 11 is 0. The molecule has 5 unspecified atom stereocenters. The number of rotatable bonds is 16. The van der Waals surface area contributed by atoms with Crippen molar-refractivity contribution in [2.75, 3.05) is 27.2 Å². The summed E-state index contributed by atoms with van der Waals surface area (Å²) in [7, 11) is 3.32. The molecule has 18 nitrogen and oxygen atoms in total. The van der Waals surface area contributed by atoms with Crippen molar-refractivity contribution in [1.29, 1.82) is 0 Å². The largest absolute Gasteiger partial charge is 0.351 e. The molecule has 2 aliphatic heterocycles. The quantitative estimate of drug-likeness (QED) is 0.120. The van der Waals surface area contributed by atoms with Crippen LogP contribution in [0.1, 0.15) is 148 Å². The summed E-state index contributed by atoms with van der Waals surface area (Å²) < 4.78 is 0. The van der Waals surface area contributed by atoms with E-state index < -0.39 is 82.8 Å². The van der Waals surface area contributed by atoms with E-state index in [-0.39, 0.29) is 98.3 Å². The van der Waals surface area contributed by atoms with Crippen molar-refractivity contribution >= 4 is 72.1 Å². The van der Waals surface area contributed by atoms with E-state index in [2.05, 4.69) is 54.7 Å². The zero-order valence-electron chi connectivity index (χ0n) is 46.7. The lowest BCUT2D eigenvalue weighted by molar-refractivity contribution is -0.144. The number of nitrogens with one attached hydrogen (secondary N) is 8. The fourth-order valence-corrected chi connectivity index (χ4v) is 11.8. The minimum atomic E-state index is -0.986. The molecule has 5 aliphatic rings. The number of likely N-dealkylation sites (tertiary alicyclic amines) is 2. The third-order valence-electron chi connectivity index (χ3n) is 16.5. The summed E-state index contributed by atoms with van der Waals surface area (Å²) in [5, 5.41) is 24.5. The van der Waals surface area contributed by atoms with Crippen LogP contribution in [-0.2, 0) is 51.2 Å². The van der Waals surface area contributed by atoms with Crippen molar-refractivity contribution in [3.05, 3.63) is 70.8 Å². The number of hydrogen-bond acceptors (Lipinski definition) is 10. The van der Waals surface area contributed by atoms with E-state index in [0.29, 0.717) is 19.3 Å². The number of likely N-dealkylation sites (N-methyl/N-ethyl adjacent to an activating group) is 2. The number of hydrogen-bond donors (Lipinski definition) is 8. The van der Waals surface area contributed by atoms with Crippen LogP contribution in [0.5, 0.6) is 0 Å². The summed E-state index contributed by atoms with van der Waals surface area (Å²) in [6, 6.07) is 9.26. The average molecular weight is 1110 g/mol. The zero-order chi connectivity index (χ0) is 54.5. The van der Waals surface area contributed by atoms with Crippen LogP contribution in [0.15, 0.2) is 48.5 Å². The number of carbonyl (C=O) groups is 8. The minimum absolute atomic E-state index is 0. The standard InChI is InChI=1S/C57H84N10O8.2ClH/c1-32(58-9)48(68)64-46(56(3,4)5)54(74)66-30-36(28-44(66)52(72)62-42-26-15-20-34-18-11-13-22-38(34)42)60-50(70)40-24-17-25-41(40)51(71)61-37-29-45(53(73)63-43-27-16-21-35-19-12-14-23-39(35)43)67(31-37)55(75)47(57(6,7)8)65-49(69)33(2)59-10;;/h11-14,18-19,22-23,32-33,36-37,40-47,58-59H,15-17,20-21,24-31H2,1-10H3,(H,60,70)(H,61,71)(H,62,72)(H,63,73)(H,64,68)(H,65,69);2*1H/t32-,33-,36-,37-,40?,41?,42+,43+,44?,45?,46+,47?;;/m0../s1. The summed E-state index contributed by atoms with van der Waals surface area (Å²) in [4.78, 5) is 117. The highest BCUT2D eigenvalue weighted by Gasteiger charge is 2.50. The van der Waals surface area contributed by atoms with Crippen molar-refractivity contribution in [3.8, 4) is 0 Å². The van der Waals surface area contributed by atoms with E-state index >= 15 is 0 Å². The Morgan fingerprint density at radius 3 is 1.22 bits per heavy atom. The SMILES string of the molecule is CN[C@@H](C)C(=O)NC(C(=O)N1C[C@@H](NC(=O)C2CCCC2C(=O)N[C@H]2CC(C(=O)N[C@@H]3CCCc4ccccc43)N(C(=O)[C@@H](NC(=O)[C@H](C)NC)C(C)(C)C)C2)CC1C(=O)N[C@@H]1CCCc2ccccc21)C(C)(C)C.Cl.Cl. The van der Waals surface area contributed by atoms with Gasteiger partial charge in [-0.3, -0.25) is 38.4 Å². The molecular weight excluding hydrogens is 1020 g/mol. The highest BCUT2D eigenvalue weighted by molar-refractivity contribution is 5.96. The molecule has 3 aliphatic carbocycles. The first-order valence-electron chi connectivity index (χ1n) is 27.4. The summed E-state index contributed by atoms with van der Waals surface area (Å²) in [6.07, 6.45) is 6.82. The Hall–Kier alpha value is -5.30. The van der Waals surface area contributed by atoms with Crippen molar-refractivity contribution in [2.45, 2.75) is 186 Å². The van der Waals surface area contributed by atoms with Crippen LogP contribution in [0.2, 0.25) is 0 Å². The predicted octanol–water partition coefficient (Wildman–Crippen LogP) is 4.08. The Morgan fingerprint density at radius 1 is 0.506 bits per heavy atom. The molecule has 0 radical (unpaired) electrons. The smallest absolute Gasteiger partial charge is 0.246 e. The van der Waals surface area contributed by atoms with Crippen molar-refractivity contribution in [2.24, 2.45) is 22.7 Å². The fraction of sp³-hybridized carbons (Fsp3) is 0.649. The first kappa shape index (κ1) is 62.5. The molecule has 8 N–H and O–H groups in total. The third-order valence-corrected chi connectivity index (χ3v) is 16.5. The maximum atomic E-state index is 14.8. The van der Waals surface area contributed by atoms with E-state index in [1.54, 1.807) is 27.9 Å². The second kappa shape index (κ2) is 26.6. The van der Waals surface area contributed by atoms with Gasteiger partial charge in [0.1, 0.15) is 24.2 Å². The average Bonchev–Trinajstić information content (AvgIpc) is 4.16. The number of benzene rings is 2. The third kappa shape index (κ3) is 14.7.